The van der Waals surface area contributed by atoms with Crippen molar-refractivity contribution in [3.05, 3.63) is 39.9 Å². The predicted molar refractivity (Wildman–Crippen MR) is 75.2 cm³/mol. The van der Waals surface area contributed by atoms with Gasteiger partial charge >= 0.3 is 0 Å². The van der Waals surface area contributed by atoms with Crippen molar-refractivity contribution in [3.8, 4) is 0 Å². The Balaban J connectivity index is 2.08. The van der Waals surface area contributed by atoms with E-state index >= 15 is 0 Å². The Bertz CT molecular complexity index is 577. The number of imide groups is 1. The van der Waals surface area contributed by atoms with E-state index in [2.05, 4.69) is 5.32 Å². The van der Waals surface area contributed by atoms with Gasteiger partial charge in [0.05, 0.1) is 0 Å². The van der Waals surface area contributed by atoms with Gasteiger partial charge in [0.1, 0.15) is 13.1 Å². The van der Waals surface area contributed by atoms with Crippen LogP contribution in [0.4, 0.5) is 0 Å². The number of rotatable bonds is 2. The van der Waals surface area contributed by atoms with Crippen molar-refractivity contribution < 1.29 is 14.4 Å². The fourth-order valence-electron chi connectivity index (χ4n) is 1.74. The smallest absolute Gasteiger partial charge is 0.247 e. The minimum atomic E-state index is -0.492. The van der Waals surface area contributed by atoms with Crippen molar-refractivity contribution >= 4 is 47.0 Å². The largest absolute Gasteiger partial charge is 0.321 e. The van der Waals surface area contributed by atoms with Crippen LogP contribution in [0.5, 0.6) is 0 Å². The van der Waals surface area contributed by atoms with E-state index < -0.39 is 17.7 Å². The van der Waals surface area contributed by atoms with Crippen molar-refractivity contribution in [2.24, 2.45) is 0 Å². The normalized spacial score (nSPS) is 15.6. The van der Waals surface area contributed by atoms with Crippen LogP contribution in [0.25, 0.3) is 6.08 Å². The highest BCUT2D eigenvalue weighted by Gasteiger charge is 2.24. The van der Waals surface area contributed by atoms with Gasteiger partial charge in [0.2, 0.25) is 17.7 Å². The van der Waals surface area contributed by atoms with Crippen LogP contribution in [0.1, 0.15) is 5.56 Å². The van der Waals surface area contributed by atoms with Crippen LogP contribution >= 0.6 is 23.2 Å². The van der Waals surface area contributed by atoms with Gasteiger partial charge < -0.3 is 4.90 Å². The van der Waals surface area contributed by atoms with Crippen molar-refractivity contribution in [3.63, 3.8) is 0 Å². The third-order valence-corrected chi connectivity index (χ3v) is 3.00. The lowest BCUT2D eigenvalue weighted by Crippen LogP contribution is -2.52. The van der Waals surface area contributed by atoms with Crippen LogP contribution in [-0.4, -0.2) is 35.7 Å². The number of hydrogen-bond acceptors (Lipinski definition) is 3. The minimum Gasteiger partial charge on any atom is -0.321 e. The zero-order chi connectivity index (χ0) is 14.7. The predicted octanol–water partition coefficient (Wildman–Crippen LogP) is 1.49. The summed E-state index contributed by atoms with van der Waals surface area (Å²) in [5.74, 6) is -1.41. The van der Waals surface area contributed by atoms with Gasteiger partial charge in [-0.25, -0.2) is 0 Å². The Morgan fingerprint density at radius 2 is 1.65 bits per heavy atom. The van der Waals surface area contributed by atoms with Crippen LogP contribution < -0.4 is 5.32 Å². The number of benzene rings is 1. The Hall–Kier alpha value is -1.85. The Labute approximate surface area is 125 Å². The molecule has 0 aromatic heterocycles. The molecule has 7 heteroatoms. The summed E-state index contributed by atoms with van der Waals surface area (Å²) in [6, 6.07) is 4.87. The quantitative estimate of drug-likeness (QED) is 0.664. The highest BCUT2D eigenvalue weighted by molar-refractivity contribution is 6.34. The fraction of sp³-hybridized carbons (Fsp3) is 0.154. The average Bonchev–Trinajstić information content (AvgIpc) is 2.33. The van der Waals surface area contributed by atoms with Crippen LogP contribution in [0.2, 0.25) is 10.0 Å². The number of amides is 3. The lowest BCUT2D eigenvalue weighted by atomic mass is 10.2. The molecule has 3 amide bonds. The van der Waals surface area contributed by atoms with Crippen LogP contribution in [-0.2, 0) is 14.4 Å². The van der Waals surface area contributed by atoms with Gasteiger partial charge in [-0.3, -0.25) is 19.7 Å². The molecule has 5 nitrogen and oxygen atoms in total. The van der Waals surface area contributed by atoms with E-state index in [4.69, 9.17) is 23.2 Å². The molecule has 1 fully saturated rings. The molecule has 104 valence electrons. The third-order valence-electron chi connectivity index (χ3n) is 2.56. The summed E-state index contributed by atoms with van der Waals surface area (Å²) in [4.78, 5) is 35.4. The number of hydrogen-bond donors (Lipinski definition) is 1. The van der Waals surface area contributed by atoms with Gasteiger partial charge in [-0.2, -0.15) is 0 Å². The highest BCUT2D eigenvalue weighted by atomic mass is 35.5. The molecule has 0 saturated carbocycles. The molecule has 20 heavy (non-hydrogen) atoms. The second-order valence-electron chi connectivity index (χ2n) is 4.20. The van der Waals surface area contributed by atoms with Gasteiger partial charge in [0.15, 0.2) is 0 Å². The number of halogens is 2. The van der Waals surface area contributed by atoms with E-state index in [1.807, 2.05) is 0 Å². The second-order valence-corrected chi connectivity index (χ2v) is 5.07. The molecule has 0 atom stereocenters. The molecule has 1 N–H and O–H groups in total. The zero-order valence-corrected chi connectivity index (χ0v) is 11.7. The maximum absolute atomic E-state index is 11.9. The first-order valence-electron chi connectivity index (χ1n) is 5.70. The molecule has 1 saturated heterocycles. The lowest BCUT2D eigenvalue weighted by Gasteiger charge is -2.24. The maximum atomic E-state index is 11.9. The number of carbonyl (C=O) groups is 3. The van der Waals surface area contributed by atoms with Crippen molar-refractivity contribution in [1.82, 2.24) is 10.2 Å². The van der Waals surface area contributed by atoms with Crippen molar-refractivity contribution in [2.75, 3.05) is 13.1 Å². The molecule has 1 aromatic carbocycles. The van der Waals surface area contributed by atoms with Crippen LogP contribution in [0.15, 0.2) is 24.3 Å². The molecule has 0 spiro atoms. The lowest BCUT2D eigenvalue weighted by molar-refractivity contribution is -0.143. The Kier molecular flexibility index (Phi) is 4.42. The summed E-state index contributed by atoms with van der Waals surface area (Å²) in [5.41, 5.74) is 0.656. The molecule has 1 aliphatic heterocycles. The van der Waals surface area contributed by atoms with Crippen molar-refractivity contribution in [1.29, 1.82) is 0 Å². The first-order chi connectivity index (χ1) is 9.44. The Morgan fingerprint density at radius 3 is 2.20 bits per heavy atom. The standard InChI is InChI=1S/C13H10Cl2N2O3/c14-9-3-8(4-10(15)5-9)1-2-13(20)17-6-11(18)16-12(19)7-17/h1-5H,6-7H2,(H,16,18,19). The molecule has 0 bridgehead atoms. The van der Waals surface area contributed by atoms with Crippen LogP contribution in [0, 0.1) is 0 Å². The first kappa shape index (κ1) is 14.6. The summed E-state index contributed by atoms with van der Waals surface area (Å²) in [6.45, 7) is -0.267. The van der Waals surface area contributed by atoms with Gasteiger partial charge in [0, 0.05) is 16.1 Å². The summed E-state index contributed by atoms with van der Waals surface area (Å²) < 4.78 is 0. The molecule has 0 aliphatic carbocycles. The summed E-state index contributed by atoms with van der Waals surface area (Å²) in [7, 11) is 0. The van der Waals surface area contributed by atoms with E-state index in [1.54, 1.807) is 18.2 Å². The third kappa shape index (κ3) is 3.82. The zero-order valence-electron chi connectivity index (χ0n) is 10.2. The molecular weight excluding hydrogens is 303 g/mol. The molecule has 2 rings (SSSR count). The van der Waals surface area contributed by atoms with Gasteiger partial charge in [-0.1, -0.05) is 23.2 Å². The molecule has 1 aliphatic rings. The second kappa shape index (κ2) is 6.07. The van der Waals surface area contributed by atoms with Gasteiger partial charge in [0.25, 0.3) is 0 Å². The van der Waals surface area contributed by atoms with E-state index in [-0.39, 0.29) is 13.1 Å². The average molecular weight is 313 g/mol. The van der Waals surface area contributed by atoms with E-state index in [9.17, 15) is 14.4 Å². The number of piperazine rings is 1. The topological polar surface area (TPSA) is 66.5 Å². The summed E-state index contributed by atoms with van der Waals surface area (Å²) >= 11 is 11.7. The van der Waals surface area contributed by atoms with E-state index in [0.717, 1.165) is 4.90 Å². The number of carbonyl (C=O) groups excluding carboxylic acids is 3. The molecular formula is C13H10Cl2N2O3. The van der Waals surface area contributed by atoms with Gasteiger partial charge in [-0.05, 0) is 29.8 Å². The number of nitrogens with one attached hydrogen (secondary N) is 1. The molecule has 1 heterocycles. The van der Waals surface area contributed by atoms with Crippen LogP contribution in [0.3, 0.4) is 0 Å². The summed E-state index contributed by atoms with van der Waals surface area (Å²) in [6.07, 6.45) is 2.80. The first-order valence-corrected chi connectivity index (χ1v) is 6.45. The molecule has 0 radical (unpaired) electrons. The van der Waals surface area contributed by atoms with Crippen molar-refractivity contribution in [2.45, 2.75) is 0 Å². The minimum absolute atomic E-state index is 0.134. The summed E-state index contributed by atoms with van der Waals surface area (Å²) in [5, 5.41) is 3.03. The van der Waals surface area contributed by atoms with E-state index in [0.29, 0.717) is 15.6 Å². The molecule has 1 aromatic rings. The fourth-order valence-corrected chi connectivity index (χ4v) is 2.28. The Morgan fingerprint density at radius 1 is 1.10 bits per heavy atom. The van der Waals surface area contributed by atoms with E-state index in [1.165, 1.54) is 12.2 Å². The monoisotopic (exact) mass is 312 g/mol. The molecule has 0 unspecified atom stereocenters. The maximum Gasteiger partial charge on any atom is 0.247 e. The van der Waals surface area contributed by atoms with Gasteiger partial charge in [-0.15, -0.1) is 0 Å². The highest BCUT2D eigenvalue weighted by Crippen LogP contribution is 2.19. The SMILES string of the molecule is O=C1CN(C(=O)C=Cc2cc(Cl)cc(Cl)c2)CC(=O)N1. The number of nitrogens with zero attached hydrogens (tertiary/aromatic N) is 1.